The normalized spacial score (nSPS) is 15.9. The van der Waals surface area contributed by atoms with Crippen LogP contribution < -0.4 is 0 Å². The van der Waals surface area contributed by atoms with E-state index in [-0.39, 0.29) is 12.0 Å². The lowest BCUT2D eigenvalue weighted by atomic mass is 9.92. The Kier molecular flexibility index (Phi) is 7.95. The van der Waals surface area contributed by atoms with Gasteiger partial charge in [0.15, 0.2) is 5.84 Å². The van der Waals surface area contributed by atoms with E-state index in [9.17, 15) is 0 Å². The fourth-order valence-corrected chi connectivity index (χ4v) is 9.98. The van der Waals surface area contributed by atoms with Crippen LogP contribution in [0.15, 0.2) is 204 Å². The van der Waals surface area contributed by atoms with Crippen molar-refractivity contribution < 1.29 is 0 Å². The molecule has 1 aliphatic rings. The zero-order valence-corrected chi connectivity index (χ0v) is 33.3. The minimum absolute atomic E-state index is 0.0758. The largest absolute Gasteiger partial charge is 0.309 e. The molecule has 0 N–H and O–H groups in total. The first-order valence-electron chi connectivity index (χ1n) is 21.1. The van der Waals surface area contributed by atoms with Gasteiger partial charge in [0.25, 0.3) is 0 Å². The second-order valence-electron chi connectivity index (χ2n) is 16.0. The second-order valence-corrected chi connectivity index (χ2v) is 16.0. The number of rotatable bonds is 5. The predicted octanol–water partition coefficient (Wildman–Crippen LogP) is 13.9. The number of aliphatic imine (C=N–C) groups is 2. The number of nitrogens with zero attached hydrogens (tertiary/aromatic N) is 5. The van der Waals surface area contributed by atoms with E-state index in [1.165, 1.54) is 65.5 Å². The molecule has 5 heteroatoms. The molecule has 0 spiro atoms. The molecule has 0 amide bonds. The van der Waals surface area contributed by atoms with Crippen molar-refractivity contribution in [2.45, 2.75) is 25.8 Å². The molecule has 5 nitrogen and oxygen atoms in total. The molecule has 0 radical (unpaired) electrons. The fourth-order valence-electron chi connectivity index (χ4n) is 9.98. The number of aromatic nitrogens is 3. The van der Waals surface area contributed by atoms with Crippen LogP contribution in [-0.2, 0) is 0 Å². The molecule has 3 aromatic heterocycles. The molecule has 2 atom stereocenters. The minimum atomic E-state index is -0.0758. The van der Waals surface area contributed by atoms with Crippen LogP contribution in [0.2, 0.25) is 0 Å². The Morgan fingerprint density at radius 1 is 0.450 bits per heavy atom. The van der Waals surface area contributed by atoms with Crippen molar-refractivity contribution in [1.29, 1.82) is 0 Å². The average molecular weight is 772 g/mol. The average Bonchev–Trinajstić information content (AvgIpc) is 3.90. The molecule has 60 heavy (non-hydrogen) atoms. The zero-order chi connectivity index (χ0) is 39.7. The van der Waals surface area contributed by atoms with Crippen molar-refractivity contribution in [1.82, 2.24) is 13.7 Å². The van der Waals surface area contributed by atoms with Crippen LogP contribution in [-0.4, -0.2) is 25.4 Å². The van der Waals surface area contributed by atoms with E-state index in [1.54, 1.807) is 0 Å². The lowest BCUT2D eigenvalue weighted by molar-refractivity contribution is 0.528. The van der Waals surface area contributed by atoms with Crippen molar-refractivity contribution in [3.05, 3.63) is 205 Å². The highest BCUT2D eigenvalue weighted by Gasteiger charge is 2.31. The summed E-state index contributed by atoms with van der Waals surface area (Å²) in [6, 6.07) is 70.1. The lowest BCUT2D eigenvalue weighted by Gasteiger charge is -2.22. The van der Waals surface area contributed by atoms with Gasteiger partial charge in [0.05, 0.1) is 39.1 Å². The van der Waals surface area contributed by atoms with Crippen molar-refractivity contribution in [3.8, 4) is 11.4 Å². The summed E-state index contributed by atoms with van der Waals surface area (Å²) in [4.78, 5) is 11.5. The van der Waals surface area contributed by atoms with Gasteiger partial charge in [-0.25, -0.2) is 4.99 Å². The quantitative estimate of drug-likeness (QED) is 0.167. The van der Waals surface area contributed by atoms with Gasteiger partial charge < -0.3 is 9.13 Å². The topological polar surface area (TPSA) is 39.5 Å². The van der Waals surface area contributed by atoms with Crippen LogP contribution in [0, 0.1) is 5.92 Å². The standard InChI is InChI=1S/C55H41N5/c1-2-36-35-47(37-18-5-3-6-19-37)56-54(38-20-17-23-40(34-38)58-48-28-13-9-24-41(48)42-25-10-14-29-49(42)58)57-55(36)60-51-31-16-12-27-44(51)46-33-32-45-43-26-11-15-30-50(43)59(52(45)53(46)60)39-21-7-4-8-22-39/h3-34,36,47H,2,35H2,1H3. The number of fused-ring (bicyclic) bond motifs is 10. The Balaban J connectivity index is 1.16. The molecule has 8 aromatic carbocycles. The Hall–Kier alpha value is -7.50. The van der Waals surface area contributed by atoms with Crippen LogP contribution in [0.4, 0.5) is 0 Å². The summed E-state index contributed by atoms with van der Waals surface area (Å²) >= 11 is 0. The van der Waals surface area contributed by atoms with E-state index in [4.69, 9.17) is 9.98 Å². The Morgan fingerprint density at radius 2 is 0.933 bits per heavy atom. The van der Waals surface area contributed by atoms with Gasteiger partial charge in [-0.3, -0.25) is 9.56 Å². The van der Waals surface area contributed by atoms with Crippen molar-refractivity contribution in [2.24, 2.45) is 15.9 Å². The van der Waals surface area contributed by atoms with Gasteiger partial charge in [0.1, 0.15) is 5.84 Å². The third-order valence-corrected chi connectivity index (χ3v) is 12.7. The summed E-state index contributed by atoms with van der Waals surface area (Å²) in [5.74, 6) is 1.89. The number of amidine groups is 1. The molecule has 2 unspecified atom stereocenters. The van der Waals surface area contributed by atoms with Gasteiger partial charge in [-0.2, -0.15) is 0 Å². The molecule has 286 valence electrons. The first-order chi connectivity index (χ1) is 29.7. The summed E-state index contributed by atoms with van der Waals surface area (Å²) < 4.78 is 7.34. The summed E-state index contributed by atoms with van der Waals surface area (Å²) in [5.41, 5.74) is 11.5. The van der Waals surface area contributed by atoms with E-state index < -0.39 is 0 Å². The van der Waals surface area contributed by atoms with E-state index >= 15 is 0 Å². The lowest BCUT2D eigenvalue weighted by Crippen LogP contribution is -2.24. The number of hydrogen-bond donors (Lipinski definition) is 0. The Morgan fingerprint density at radius 3 is 1.53 bits per heavy atom. The highest BCUT2D eigenvalue weighted by atomic mass is 15.1. The molecular formula is C55H41N5. The molecule has 12 rings (SSSR count). The SMILES string of the molecule is CCC1CC(c2ccccc2)N=C(c2cccc(-n3c4ccccc4c4ccccc43)c2)N=C1n1c2ccccc2c2ccc3c4ccccc4n(-c4ccccc4)c3c21. The molecule has 4 heterocycles. The third kappa shape index (κ3) is 5.25. The van der Waals surface area contributed by atoms with E-state index in [0.717, 1.165) is 47.0 Å². The molecule has 0 saturated heterocycles. The van der Waals surface area contributed by atoms with Crippen molar-refractivity contribution in [3.63, 3.8) is 0 Å². The smallest absolute Gasteiger partial charge is 0.157 e. The zero-order valence-electron chi connectivity index (χ0n) is 33.3. The van der Waals surface area contributed by atoms with E-state index in [0.29, 0.717) is 0 Å². The molecule has 1 aliphatic heterocycles. The highest BCUT2D eigenvalue weighted by molar-refractivity contribution is 6.27. The predicted molar refractivity (Wildman–Crippen MR) is 252 cm³/mol. The minimum Gasteiger partial charge on any atom is -0.309 e. The maximum Gasteiger partial charge on any atom is 0.157 e. The molecule has 0 aliphatic carbocycles. The molecule has 0 bridgehead atoms. The number of hydrogen-bond acceptors (Lipinski definition) is 2. The van der Waals surface area contributed by atoms with Crippen LogP contribution in [0.5, 0.6) is 0 Å². The Labute approximate surface area is 347 Å². The molecule has 11 aromatic rings. The molecule has 0 saturated carbocycles. The monoisotopic (exact) mass is 771 g/mol. The van der Waals surface area contributed by atoms with Crippen LogP contribution in [0.1, 0.15) is 36.9 Å². The van der Waals surface area contributed by atoms with Gasteiger partial charge in [-0.05, 0) is 66.9 Å². The van der Waals surface area contributed by atoms with E-state index in [1.807, 2.05) is 0 Å². The van der Waals surface area contributed by atoms with Crippen LogP contribution in [0.3, 0.4) is 0 Å². The van der Waals surface area contributed by atoms with Crippen LogP contribution in [0.25, 0.3) is 76.8 Å². The summed E-state index contributed by atoms with van der Waals surface area (Å²) in [6.45, 7) is 2.31. The van der Waals surface area contributed by atoms with Crippen molar-refractivity contribution in [2.75, 3.05) is 0 Å². The molecule has 0 fully saturated rings. The van der Waals surface area contributed by atoms with Gasteiger partial charge in [-0.1, -0.05) is 153 Å². The van der Waals surface area contributed by atoms with Gasteiger partial charge in [0.2, 0.25) is 0 Å². The van der Waals surface area contributed by atoms with Crippen molar-refractivity contribution >= 4 is 77.1 Å². The van der Waals surface area contributed by atoms with Crippen LogP contribution >= 0.6 is 0 Å². The third-order valence-electron chi connectivity index (χ3n) is 12.7. The highest BCUT2D eigenvalue weighted by Crippen LogP contribution is 2.42. The molecular weight excluding hydrogens is 731 g/mol. The van der Waals surface area contributed by atoms with E-state index in [2.05, 4.69) is 215 Å². The maximum absolute atomic E-state index is 5.84. The van der Waals surface area contributed by atoms with Gasteiger partial charge >= 0.3 is 0 Å². The van der Waals surface area contributed by atoms with Gasteiger partial charge in [-0.15, -0.1) is 0 Å². The summed E-state index contributed by atoms with van der Waals surface area (Å²) in [6.07, 6.45) is 1.75. The van der Waals surface area contributed by atoms with Gasteiger partial charge in [0, 0.05) is 55.2 Å². The number of para-hydroxylation sites is 5. The summed E-state index contributed by atoms with van der Waals surface area (Å²) in [5, 5.41) is 7.37. The maximum atomic E-state index is 5.84. The fraction of sp³-hybridized carbons (Fsp3) is 0.0909. The number of benzene rings is 8. The Bertz CT molecular complexity index is 3460. The first kappa shape index (κ1) is 34.5. The summed E-state index contributed by atoms with van der Waals surface area (Å²) in [7, 11) is 0. The first-order valence-corrected chi connectivity index (χ1v) is 21.1. The second kappa shape index (κ2) is 13.8.